The molecular formula is C11H21NS. The summed E-state index contributed by atoms with van der Waals surface area (Å²) >= 11 is 1.97. The zero-order valence-corrected chi connectivity index (χ0v) is 9.41. The van der Waals surface area contributed by atoms with Crippen LogP contribution in [0.15, 0.2) is 0 Å². The third kappa shape index (κ3) is 1.63. The van der Waals surface area contributed by atoms with Crippen molar-refractivity contribution in [1.29, 1.82) is 0 Å². The minimum atomic E-state index is 0.561. The molecule has 13 heavy (non-hydrogen) atoms. The highest BCUT2D eigenvalue weighted by molar-refractivity contribution is 7.98. The third-order valence-corrected chi connectivity index (χ3v) is 4.93. The standard InChI is InChI=1S/C11H21NS/c1-13-5-4-11(8-12)7-9-2-3-10(11)6-9/h9-10H,2-8,12H2,1H3. The lowest BCUT2D eigenvalue weighted by Gasteiger charge is -2.36. The lowest BCUT2D eigenvalue weighted by Crippen LogP contribution is -2.36. The summed E-state index contributed by atoms with van der Waals surface area (Å²) in [5.41, 5.74) is 6.55. The summed E-state index contributed by atoms with van der Waals surface area (Å²) in [5, 5.41) is 0. The zero-order valence-electron chi connectivity index (χ0n) is 8.59. The van der Waals surface area contributed by atoms with Crippen molar-refractivity contribution in [2.45, 2.75) is 32.1 Å². The van der Waals surface area contributed by atoms with Gasteiger partial charge in [0.2, 0.25) is 0 Å². The summed E-state index contributed by atoms with van der Waals surface area (Å²) in [6.07, 6.45) is 9.46. The Labute approximate surface area is 85.8 Å². The monoisotopic (exact) mass is 199 g/mol. The van der Waals surface area contributed by atoms with Crippen LogP contribution in [0, 0.1) is 17.3 Å². The van der Waals surface area contributed by atoms with Crippen LogP contribution in [-0.2, 0) is 0 Å². The van der Waals surface area contributed by atoms with Crippen molar-refractivity contribution in [2.75, 3.05) is 18.6 Å². The Morgan fingerprint density at radius 2 is 2.31 bits per heavy atom. The molecule has 0 spiro atoms. The summed E-state index contributed by atoms with van der Waals surface area (Å²) in [6, 6.07) is 0. The predicted molar refractivity (Wildman–Crippen MR) is 59.9 cm³/mol. The molecule has 0 aromatic heterocycles. The predicted octanol–water partition coefficient (Wildman–Crippen LogP) is 2.50. The molecule has 2 rings (SSSR count). The molecule has 2 aliphatic rings. The smallest absolute Gasteiger partial charge is 0.00175 e. The molecule has 76 valence electrons. The van der Waals surface area contributed by atoms with E-state index in [0.717, 1.165) is 18.4 Å². The van der Waals surface area contributed by atoms with Crippen molar-refractivity contribution in [3.63, 3.8) is 0 Å². The van der Waals surface area contributed by atoms with Gasteiger partial charge in [0.05, 0.1) is 0 Å². The van der Waals surface area contributed by atoms with Gasteiger partial charge in [0, 0.05) is 0 Å². The minimum Gasteiger partial charge on any atom is -0.330 e. The SMILES string of the molecule is CSCCC1(CN)CC2CCC1C2. The van der Waals surface area contributed by atoms with E-state index in [1.165, 1.54) is 37.9 Å². The molecule has 0 aromatic carbocycles. The van der Waals surface area contributed by atoms with Crippen LogP contribution in [0.1, 0.15) is 32.1 Å². The van der Waals surface area contributed by atoms with Crippen molar-refractivity contribution < 1.29 is 0 Å². The summed E-state index contributed by atoms with van der Waals surface area (Å²) in [5.74, 6) is 3.32. The van der Waals surface area contributed by atoms with Gasteiger partial charge < -0.3 is 5.73 Å². The number of hydrogen-bond donors (Lipinski definition) is 1. The molecule has 0 aliphatic heterocycles. The summed E-state index contributed by atoms with van der Waals surface area (Å²) in [4.78, 5) is 0. The van der Waals surface area contributed by atoms with Crippen LogP contribution in [0.25, 0.3) is 0 Å². The van der Waals surface area contributed by atoms with Crippen LogP contribution < -0.4 is 5.73 Å². The lowest BCUT2D eigenvalue weighted by molar-refractivity contribution is 0.167. The first-order valence-electron chi connectivity index (χ1n) is 5.50. The van der Waals surface area contributed by atoms with E-state index in [1.54, 1.807) is 0 Å². The summed E-state index contributed by atoms with van der Waals surface area (Å²) in [7, 11) is 0. The van der Waals surface area contributed by atoms with Gasteiger partial charge in [-0.2, -0.15) is 11.8 Å². The average Bonchev–Trinajstić information content (AvgIpc) is 2.74. The van der Waals surface area contributed by atoms with Gasteiger partial charge in [-0.1, -0.05) is 6.42 Å². The van der Waals surface area contributed by atoms with E-state index in [0.29, 0.717) is 5.41 Å². The number of thioether (sulfide) groups is 1. The van der Waals surface area contributed by atoms with Crippen molar-refractivity contribution in [3.05, 3.63) is 0 Å². The van der Waals surface area contributed by atoms with Crippen LogP contribution in [-0.4, -0.2) is 18.6 Å². The fraction of sp³-hybridized carbons (Fsp3) is 1.00. The highest BCUT2D eigenvalue weighted by Gasteiger charge is 2.49. The maximum absolute atomic E-state index is 5.99. The van der Waals surface area contributed by atoms with Gasteiger partial charge in [0.1, 0.15) is 0 Å². The Bertz CT molecular complexity index is 183. The minimum absolute atomic E-state index is 0.561. The normalized spacial score (nSPS) is 42.9. The number of rotatable bonds is 4. The quantitative estimate of drug-likeness (QED) is 0.753. The van der Waals surface area contributed by atoms with E-state index in [4.69, 9.17) is 5.73 Å². The Balaban J connectivity index is 1.99. The van der Waals surface area contributed by atoms with E-state index in [-0.39, 0.29) is 0 Å². The molecule has 2 N–H and O–H groups in total. The second kappa shape index (κ2) is 3.82. The van der Waals surface area contributed by atoms with Gasteiger partial charge in [-0.3, -0.25) is 0 Å². The molecule has 2 heteroatoms. The zero-order chi connectivity index (χ0) is 9.31. The summed E-state index contributed by atoms with van der Waals surface area (Å²) < 4.78 is 0. The van der Waals surface area contributed by atoms with Crippen molar-refractivity contribution in [1.82, 2.24) is 0 Å². The van der Waals surface area contributed by atoms with Crippen molar-refractivity contribution >= 4 is 11.8 Å². The molecule has 0 amide bonds. The molecule has 0 heterocycles. The van der Waals surface area contributed by atoms with Crippen molar-refractivity contribution in [3.8, 4) is 0 Å². The topological polar surface area (TPSA) is 26.0 Å². The van der Waals surface area contributed by atoms with Gasteiger partial charge in [-0.05, 0) is 61.5 Å². The highest BCUT2D eigenvalue weighted by atomic mass is 32.2. The molecule has 3 unspecified atom stereocenters. The largest absolute Gasteiger partial charge is 0.330 e. The molecule has 0 radical (unpaired) electrons. The number of hydrogen-bond acceptors (Lipinski definition) is 2. The van der Waals surface area contributed by atoms with Crippen LogP contribution in [0.3, 0.4) is 0 Å². The Kier molecular flexibility index (Phi) is 2.89. The maximum Gasteiger partial charge on any atom is -0.00175 e. The fourth-order valence-electron chi connectivity index (χ4n) is 3.52. The van der Waals surface area contributed by atoms with E-state index in [9.17, 15) is 0 Å². The Morgan fingerprint density at radius 3 is 2.77 bits per heavy atom. The average molecular weight is 199 g/mol. The second-order valence-corrected chi connectivity index (χ2v) is 5.88. The molecule has 1 nitrogen and oxygen atoms in total. The molecule has 2 fully saturated rings. The third-order valence-electron chi connectivity index (χ3n) is 4.31. The van der Waals surface area contributed by atoms with E-state index in [2.05, 4.69) is 6.26 Å². The van der Waals surface area contributed by atoms with Crippen molar-refractivity contribution in [2.24, 2.45) is 23.0 Å². The van der Waals surface area contributed by atoms with Gasteiger partial charge >= 0.3 is 0 Å². The fourth-order valence-corrected chi connectivity index (χ4v) is 4.13. The molecule has 2 saturated carbocycles. The van der Waals surface area contributed by atoms with Crippen LogP contribution in [0.4, 0.5) is 0 Å². The molecule has 3 atom stereocenters. The highest BCUT2D eigenvalue weighted by Crippen LogP contribution is 2.57. The molecule has 0 aromatic rings. The first-order chi connectivity index (χ1) is 6.30. The Morgan fingerprint density at radius 1 is 1.46 bits per heavy atom. The first-order valence-corrected chi connectivity index (χ1v) is 6.89. The van der Waals surface area contributed by atoms with Gasteiger partial charge in [0.25, 0.3) is 0 Å². The van der Waals surface area contributed by atoms with Gasteiger partial charge in [0.15, 0.2) is 0 Å². The van der Waals surface area contributed by atoms with E-state index < -0.39 is 0 Å². The van der Waals surface area contributed by atoms with Crippen LogP contribution in [0.5, 0.6) is 0 Å². The number of fused-ring (bicyclic) bond motifs is 2. The van der Waals surface area contributed by atoms with Crippen LogP contribution in [0.2, 0.25) is 0 Å². The number of nitrogens with two attached hydrogens (primary N) is 1. The van der Waals surface area contributed by atoms with Gasteiger partial charge in [-0.15, -0.1) is 0 Å². The lowest BCUT2D eigenvalue weighted by atomic mass is 9.71. The van der Waals surface area contributed by atoms with Gasteiger partial charge in [-0.25, -0.2) is 0 Å². The van der Waals surface area contributed by atoms with Crippen LogP contribution >= 0.6 is 11.8 Å². The Hall–Kier alpha value is 0.310. The first kappa shape index (κ1) is 9.85. The second-order valence-electron chi connectivity index (χ2n) is 4.89. The molecule has 0 saturated heterocycles. The van der Waals surface area contributed by atoms with E-state index in [1.807, 2.05) is 11.8 Å². The maximum atomic E-state index is 5.99. The van der Waals surface area contributed by atoms with E-state index >= 15 is 0 Å². The molecule has 2 bridgehead atoms. The molecule has 2 aliphatic carbocycles. The molecular weight excluding hydrogens is 178 g/mol. The summed E-state index contributed by atoms with van der Waals surface area (Å²) in [6.45, 7) is 0.939.